The molecule has 0 saturated carbocycles. The first-order chi connectivity index (χ1) is 6.63. The first-order valence-electron chi connectivity index (χ1n) is 5.02. The second-order valence-corrected chi connectivity index (χ2v) is 4.68. The molecular weight excluding hydrogens is 197 g/mol. The van der Waals surface area contributed by atoms with Crippen LogP contribution in [0.3, 0.4) is 0 Å². The van der Waals surface area contributed by atoms with E-state index in [1.807, 2.05) is 0 Å². The van der Waals surface area contributed by atoms with E-state index in [1.165, 1.54) is 0 Å². The molecule has 82 valence electrons. The Bertz CT molecular complexity index is 200. The standard InChI is InChI=1S/C10H20NO2P/c1-4-8(12)7-11-10(13)14-9(5-2)6-3/h4,9,12,14H,5-7H2,1-3H3,(H,11,13). The van der Waals surface area contributed by atoms with Gasteiger partial charge < -0.3 is 10.4 Å². The maximum atomic E-state index is 11.4. The third-order valence-electron chi connectivity index (χ3n) is 2.08. The Morgan fingerprint density at radius 3 is 2.50 bits per heavy atom. The Labute approximate surface area is 87.8 Å². The van der Waals surface area contributed by atoms with Gasteiger partial charge in [-0.1, -0.05) is 13.8 Å². The molecule has 0 aromatic heterocycles. The van der Waals surface area contributed by atoms with E-state index in [0.717, 1.165) is 12.8 Å². The molecule has 14 heavy (non-hydrogen) atoms. The summed E-state index contributed by atoms with van der Waals surface area (Å²) >= 11 is 0. The van der Waals surface area contributed by atoms with Gasteiger partial charge in [0.2, 0.25) is 5.65 Å². The highest BCUT2D eigenvalue weighted by atomic mass is 31.1. The van der Waals surface area contributed by atoms with Crippen LogP contribution in [0.4, 0.5) is 4.79 Å². The Hall–Kier alpha value is -0.560. The number of nitrogens with one attached hydrogen (secondary N) is 1. The third-order valence-corrected chi connectivity index (χ3v) is 3.75. The number of rotatable bonds is 6. The van der Waals surface area contributed by atoms with Crippen molar-refractivity contribution in [2.45, 2.75) is 39.3 Å². The number of aliphatic hydroxyl groups excluding tert-OH is 1. The zero-order valence-corrected chi connectivity index (χ0v) is 10.1. The van der Waals surface area contributed by atoms with Crippen LogP contribution in [0.25, 0.3) is 0 Å². The van der Waals surface area contributed by atoms with Crippen molar-refractivity contribution in [1.82, 2.24) is 5.32 Å². The van der Waals surface area contributed by atoms with Gasteiger partial charge in [0.05, 0.1) is 6.54 Å². The molecule has 0 aliphatic carbocycles. The SMILES string of the molecule is CC=C(O)CNC(=O)PC(CC)CC. The summed E-state index contributed by atoms with van der Waals surface area (Å²) in [5.74, 6) is 0.215. The predicted molar refractivity (Wildman–Crippen MR) is 62.5 cm³/mol. The molecule has 1 atom stereocenters. The molecule has 0 fully saturated rings. The summed E-state index contributed by atoms with van der Waals surface area (Å²) in [6.07, 6.45) is 3.66. The molecule has 0 rings (SSSR count). The lowest BCUT2D eigenvalue weighted by Crippen LogP contribution is -2.22. The summed E-state index contributed by atoms with van der Waals surface area (Å²) in [5.41, 5.74) is 0.537. The minimum atomic E-state index is 0.0482. The van der Waals surface area contributed by atoms with Crippen LogP contribution < -0.4 is 5.32 Å². The van der Waals surface area contributed by atoms with Gasteiger partial charge in [-0.15, -0.1) is 0 Å². The van der Waals surface area contributed by atoms with Gasteiger partial charge in [-0.05, 0) is 40.1 Å². The van der Waals surface area contributed by atoms with Gasteiger partial charge in [0, 0.05) is 0 Å². The fourth-order valence-corrected chi connectivity index (χ4v) is 1.97. The van der Waals surface area contributed by atoms with Gasteiger partial charge in [0.15, 0.2) is 0 Å². The minimum absolute atomic E-state index is 0.0482. The Morgan fingerprint density at radius 2 is 2.07 bits per heavy atom. The molecule has 0 aliphatic heterocycles. The highest BCUT2D eigenvalue weighted by Crippen LogP contribution is 2.24. The average molecular weight is 217 g/mol. The topological polar surface area (TPSA) is 49.3 Å². The lowest BCUT2D eigenvalue weighted by Gasteiger charge is -2.11. The fraction of sp³-hybridized carbons (Fsp3) is 0.700. The second kappa shape index (κ2) is 7.81. The number of carbonyl (C=O) groups is 1. The summed E-state index contributed by atoms with van der Waals surface area (Å²) in [7, 11) is 0.310. The lowest BCUT2D eigenvalue weighted by molar-refractivity contribution is 0.259. The van der Waals surface area contributed by atoms with Crippen molar-refractivity contribution in [1.29, 1.82) is 0 Å². The first-order valence-corrected chi connectivity index (χ1v) is 6.10. The van der Waals surface area contributed by atoms with E-state index in [1.54, 1.807) is 13.0 Å². The molecule has 0 aromatic rings. The smallest absolute Gasteiger partial charge is 0.238 e. The van der Waals surface area contributed by atoms with Crippen LogP contribution in [-0.2, 0) is 0 Å². The maximum Gasteiger partial charge on any atom is 0.238 e. The zero-order chi connectivity index (χ0) is 11.0. The largest absolute Gasteiger partial charge is 0.511 e. The molecular formula is C10H20NO2P. The van der Waals surface area contributed by atoms with Crippen LogP contribution in [0.2, 0.25) is 0 Å². The quantitative estimate of drug-likeness (QED) is 0.530. The van der Waals surface area contributed by atoms with E-state index in [9.17, 15) is 4.79 Å². The number of hydrogen-bond acceptors (Lipinski definition) is 2. The van der Waals surface area contributed by atoms with E-state index in [4.69, 9.17) is 5.11 Å². The number of aliphatic hydroxyl groups is 1. The molecule has 0 aromatic carbocycles. The van der Waals surface area contributed by atoms with E-state index in [-0.39, 0.29) is 18.0 Å². The molecule has 0 radical (unpaired) electrons. The summed E-state index contributed by atoms with van der Waals surface area (Å²) in [6, 6.07) is 0. The molecule has 0 heterocycles. The normalized spacial score (nSPS) is 12.7. The Kier molecular flexibility index (Phi) is 7.50. The van der Waals surface area contributed by atoms with E-state index in [0.29, 0.717) is 14.2 Å². The van der Waals surface area contributed by atoms with Crippen molar-refractivity contribution in [3.8, 4) is 0 Å². The van der Waals surface area contributed by atoms with Crippen LogP contribution in [0.1, 0.15) is 33.6 Å². The fourth-order valence-electron chi connectivity index (χ4n) is 1.00. The summed E-state index contributed by atoms with van der Waals surface area (Å²) < 4.78 is 0. The molecule has 1 unspecified atom stereocenters. The van der Waals surface area contributed by atoms with Crippen molar-refractivity contribution in [3.05, 3.63) is 11.8 Å². The van der Waals surface area contributed by atoms with Crippen molar-refractivity contribution >= 4 is 14.2 Å². The molecule has 4 heteroatoms. The van der Waals surface area contributed by atoms with Gasteiger partial charge in [-0.3, -0.25) is 4.79 Å². The minimum Gasteiger partial charge on any atom is -0.511 e. The van der Waals surface area contributed by atoms with E-state index < -0.39 is 0 Å². The third kappa shape index (κ3) is 5.98. The number of allylic oxidation sites excluding steroid dienone is 1. The van der Waals surface area contributed by atoms with Gasteiger partial charge in [0.25, 0.3) is 0 Å². The second-order valence-electron chi connectivity index (χ2n) is 3.12. The molecule has 0 saturated heterocycles. The van der Waals surface area contributed by atoms with Crippen molar-refractivity contribution < 1.29 is 9.90 Å². The van der Waals surface area contributed by atoms with E-state index >= 15 is 0 Å². The van der Waals surface area contributed by atoms with Crippen molar-refractivity contribution in [2.24, 2.45) is 0 Å². The molecule has 1 amide bonds. The number of hydrogen-bond donors (Lipinski definition) is 2. The predicted octanol–water partition coefficient (Wildman–Crippen LogP) is 3.02. The zero-order valence-electron chi connectivity index (χ0n) is 9.13. The number of carbonyl (C=O) groups excluding carboxylic acids is 1. The molecule has 0 spiro atoms. The van der Waals surface area contributed by atoms with E-state index in [2.05, 4.69) is 19.2 Å². The van der Waals surface area contributed by atoms with Crippen LogP contribution in [0, 0.1) is 0 Å². The average Bonchev–Trinajstić information content (AvgIpc) is 2.22. The summed E-state index contributed by atoms with van der Waals surface area (Å²) in [6.45, 7) is 6.18. The summed E-state index contributed by atoms with van der Waals surface area (Å²) in [4.78, 5) is 11.4. The van der Waals surface area contributed by atoms with Crippen LogP contribution in [0.5, 0.6) is 0 Å². The van der Waals surface area contributed by atoms with Gasteiger partial charge in [-0.25, -0.2) is 0 Å². The number of amides is 1. The van der Waals surface area contributed by atoms with Gasteiger partial charge in [-0.2, -0.15) is 0 Å². The molecule has 0 aliphatic rings. The Morgan fingerprint density at radius 1 is 1.50 bits per heavy atom. The highest BCUT2D eigenvalue weighted by molar-refractivity contribution is 7.58. The highest BCUT2D eigenvalue weighted by Gasteiger charge is 2.09. The molecule has 3 nitrogen and oxygen atoms in total. The monoisotopic (exact) mass is 217 g/mol. The van der Waals surface area contributed by atoms with Gasteiger partial charge >= 0.3 is 0 Å². The van der Waals surface area contributed by atoms with Crippen LogP contribution in [0.15, 0.2) is 11.8 Å². The maximum absolute atomic E-state index is 11.4. The van der Waals surface area contributed by atoms with Crippen LogP contribution in [-0.4, -0.2) is 23.0 Å². The summed E-state index contributed by atoms with van der Waals surface area (Å²) in [5, 5.41) is 11.8. The van der Waals surface area contributed by atoms with Crippen molar-refractivity contribution in [3.63, 3.8) is 0 Å². The molecule has 2 N–H and O–H groups in total. The Balaban J connectivity index is 3.75. The van der Waals surface area contributed by atoms with Gasteiger partial charge in [0.1, 0.15) is 5.76 Å². The van der Waals surface area contributed by atoms with Crippen molar-refractivity contribution in [2.75, 3.05) is 6.54 Å². The first kappa shape index (κ1) is 13.4. The van der Waals surface area contributed by atoms with Crippen LogP contribution >= 0.6 is 8.58 Å². The lowest BCUT2D eigenvalue weighted by atomic mass is 10.3. The molecule has 0 bridgehead atoms.